The lowest BCUT2D eigenvalue weighted by Gasteiger charge is -2.25. The number of aliphatic hydroxyl groups is 1. The summed E-state index contributed by atoms with van der Waals surface area (Å²) in [4.78, 5) is 0. The van der Waals surface area contributed by atoms with Gasteiger partial charge in [-0.25, -0.2) is 0 Å². The first-order valence-corrected chi connectivity index (χ1v) is 6.28. The van der Waals surface area contributed by atoms with Crippen molar-refractivity contribution in [1.82, 2.24) is 5.32 Å². The first kappa shape index (κ1) is 11.8. The van der Waals surface area contributed by atoms with Crippen molar-refractivity contribution in [2.75, 3.05) is 13.4 Å². The quantitative estimate of drug-likeness (QED) is 0.800. The highest BCUT2D eigenvalue weighted by Gasteiger charge is 2.26. The zero-order chi connectivity index (χ0) is 12.5. The lowest BCUT2D eigenvalue weighted by atomic mass is 9.95. The average molecular weight is 268 g/mol. The number of hydrogen-bond donors (Lipinski definition) is 2. The van der Waals surface area contributed by atoms with E-state index in [1.807, 2.05) is 12.1 Å². The minimum absolute atomic E-state index is 0.0624. The second-order valence-corrected chi connectivity index (χ2v) is 4.74. The van der Waals surface area contributed by atoms with Crippen LogP contribution in [0.4, 0.5) is 0 Å². The number of nitrogens with one attached hydrogen (secondary N) is 1. The van der Waals surface area contributed by atoms with Crippen molar-refractivity contribution in [1.29, 1.82) is 0 Å². The highest BCUT2D eigenvalue weighted by molar-refractivity contribution is 6.33. The van der Waals surface area contributed by atoms with E-state index in [4.69, 9.17) is 26.2 Å². The van der Waals surface area contributed by atoms with E-state index in [-0.39, 0.29) is 19.4 Å². The van der Waals surface area contributed by atoms with E-state index < -0.39 is 0 Å². The molecule has 0 fully saturated rings. The van der Waals surface area contributed by atoms with Crippen LogP contribution in [0, 0.1) is 0 Å². The molecule has 3 rings (SSSR count). The summed E-state index contributed by atoms with van der Waals surface area (Å²) in [5.74, 6) is 1.38. The third-order valence-corrected chi connectivity index (χ3v) is 3.65. The molecule has 0 radical (unpaired) electrons. The molecule has 18 heavy (non-hydrogen) atoms. The molecule has 1 atom stereocenters. The zero-order valence-electron chi connectivity index (χ0n) is 9.78. The Morgan fingerprint density at radius 2 is 2.39 bits per heavy atom. The molecule has 96 valence electrons. The highest BCUT2D eigenvalue weighted by Crippen LogP contribution is 2.43. The maximum Gasteiger partial charge on any atom is 0.231 e. The Morgan fingerprint density at radius 3 is 3.22 bits per heavy atom. The molecule has 1 unspecified atom stereocenters. The van der Waals surface area contributed by atoms with Crippen LogP contribution in [-0.2, 0) is 13.0 Å². The van der Waals surface area contributed by atoms with Gasteiger partial charge in [-0.3, -0.25) is 0 Å². The van der Waals surface area contributed by atoms with Gasteiger partial charge in [0.2, 0.25) is 6.79 Å². The molecule has 0 bridgehead atoms. The number of aliphatic hydroxyl groups excluding tert-OH is 1. The molecule has 2 heterocycles. The van der Waals surface area contributed by atoms with Gasteiger partial charge in [0.05, 0.1) is 11.6 Å². The van der Waals surface area contributed by atoms with E-state index in [0.717, 1.165) is 17.7 Å². The van der Waals surface area contributed by atoms with Crippen molar-refractivity contribution in [3.05, 3.63) is 34.4 Å². The Morgan fingerprint density at radius 1 is 1.50 bits per heavy atom. The molecular weight excluding hydrogens is 254 g/mol. The number of benzene rings is 1. The van der Waals surface area contributed by atoms with Crippen molar-refractivity contribution in [2.24, 2.45) is 0 Å². The molecule has 0 aliphatic carbocycles. The van der Waals surface area contributed by atoms with Crippen LogP contribution < -0.4 is 14.8 Å². The number of rotatable bonds is 2. The van der Waals surface area contributed by atoms with Crippen molar-refractivity contribution < 1.29 is 14.6 Å². The largest absolute Gasteiger partial charge is 0.454 e. The monoisotopic (exact) mass is 267 g/mol. The van der Waals surface area contributed by atoms with Crippen LogP contribution >= 0.6 is 11.6 Å². The van der Waals surface area contributed by atoms with Crippen LogP contribution in [0.5, 0.6) is 11.5 Å². The molecule has 0 saturated carbocycles. The van der Waals surface area contributed by atoms with Crippen molar-refractivity contribution in [3.63, 3.8) is 0 Å². The Labute approximate surface area is 110 Å². The highest BCUT2D eigenvalue weighted by atomic mass is 35.5. The van der Waals surface area contributed by atoms with Gasteiger partial charge in [0, 0.05) is 12.6 Å². The summed E-state index contributed by atoms with van der Waals surface area (Å²) in [6.45, 7) is 0.997. The molecule has 0 amide bonds. The summed E-state index contributed by atoms with van der Waals surface area (Å²) < 4.78 is 10.7. The predicted octanol–water partition coefficient (Wildman–Crippen LogP) is 1.63. The Bertz CT molecular complexity index is 501. The van der Waals surface area contributed by atoms with Crippen LogP contribution in [0.25, 0.3) is 0 Å². The van der Waals surface area contributed by atoms with Crippen molar-refractivity contribution >= 4 is 11.6 Å². The summed E-state index contributed by atoms with van der Waals surface area (Å²) >= 11 is 6.32. The molecular formula is C13H14ClNO3. The SMILES string of the molecule is OCC=CC1Cc2cc3c(c(Cl)c2CN1)OCO3. The second-order valence-electron chi connectivity index (χ2n) is 4.36. The number of fused-ring (bicyclic) bond motifs is 2. The normalized spacial score (nSPS) is 21.3. The minimum Gasteiger partial charge on any atom is -0.454 e. The number of hydrogen-bond acceptors (Lipinski definition) is 4. The lowest BCUT2D eigenvalue weighted by Crippen LogP contribution is -2.34. The van der Waals surface area contributed by atoms with E-state index in [1.54, 1.807) is 6.08 Å². The fraction of sp³-hybridized carbons (Fsp3) is 0.385. The standard InChI is InChI=1S/C13H14ClNO3/c14-12-10-6-15-9(2-1-3-16)4-8(10)5-11-13(12)18-7-17-11/h1-2,5,9,15-16H,3-4,6-7H2. The van der Waals surface area contributed by atoms with Gasteiger partial charge in [-0.2, -0.15) is 0 Å². The van der Waals surface area contributed by atoms with Gasteiger partial charge in [-0.1, -0.05) is 23.8 Å². The Kier molecular flexibility index (Phi) is 3.16. The van der Waals surface area contributed by atoms with E-state index in [9.17, 15) is 0 Å². The predicted molar refractivity (Wildman–Crippen MR) is 68.1 cm³/mol. The van der Waals surface area contributed by atoms with Gasteiger partial charge in [0.1, 0.15) is 0 Å². The molecule has 4 nitrogen and oxygen atoms in total. The van der Waals surface area contributed by atoms with Gasteiger partial charge >= 0.3 is 0 Å². The number of halogens is 1. The van der Waals surface area contributed by atoms with Gasteiger partial charge in [-0.15, -0.1) is 0 Å². The second kappa shape index (κ2) is 4.80. The maximum atomic E-state index is 8.79. The first-order valence-electron chi connectivity index (χ1n) is 5.90. The van der Waals surface area contributed by atoms with Gasteiger partial charge in [-0.05, 0) is 23.6 Å². The average Bonchev–Trinajstić information content (AvgIpc) is 2.84. The van der Waals surface area contributed by atoms with Crippen LogP contribution in [-0.4, -0.2) is 24.5 Å². The third-order valence-electron chi connectivity index (χ3n) is 3.25. The Hall–Kier alpha value is -1.23. The van der Waals surface area contributed by atoms with E-state index in [0.29, 0.717) is 17.3 Å². The summed E-state index contributed by atoms with van der Waals surface area (Å²) in [6, 6.07) is 2.23. The van der Waals surface area contributed by atoms with Gasteiger partial charge in [0.15, 0.2) is 11.5 Å². The van der Waals surface area contributed by atoms with Gasteiger partial charge < -0.3 is 19.9 Å². The first-order chi connectivity index (χ1) is 8.79. The topological polar surface area (TPSA) is 50.7 Å². The van der Waals surface area contributed by atoms with Crippen molar-refractivity contribution in [3.8, 4) is 11.5 Å². The van der Waals surface area contributed by atoms with E-state index in [1.165, 1.54) is 5.56 Å². The smallest absolute Gasteiger partial charge is 0.231 e. The molecule has 2 N–H and O–H groups in total. The molecule has 2 aliphatic heterocycles. The van der Waals surface area contributed by atoms with Gasteiger partial charge in [0.25, 0.3) is 0 Å². The molecule has 1 aromatic carbocycles. The summed E-state index contributed by atoms with van der Waals surface area (Å²) in [5, 5.41) is 12.8. The molecule has 0 saturated heterocycles. The van der Waals surface area contributed by atoms with Crippen LogP contribution in [0.3, 0.4) is 0 Å². The van der Waals surface area contributed by atoms with E-state index in [2.05, 4.69) is 5.32 Å². The van der Waals surface area contributed by atoms with Crippen LogP contribution in [0.1, 0.15) is 11.1 Å². The summed E-state index contributed by atoms with van der Waals surface area (Å²) in [7, 11) is 0. The third kappa shape index (κ3) is 1.96. The molecule has 0 spiro atoms. The molecule has 1 aromatic rings. The summed E-state index contributed by atoms with van der Waals surface area (Å²) in [5.41, 5.74) is 2.25. The zero-order valence-corrected chi connectivity index (χ0v) is 10.5. The maximum absolute atomic E-state index is 8.79. The number of ether oxygens (including phenoxy) is 2. The molecule has 0 aromatic heterocycles. The lowest BCUT2D eigenvalue weighted by molar-refractivity contribution is 0.174. The van der Waals surface area contributed by atoms with Crippen LogP contribution in [0.15, 0.2) is 18.2 Å². The summed E-state index contributed by atoms with van der Waals surface area (Å²) in [6.07, 6.45) is 4.56. The van der Waals surface area contributed by atoms with Crippen LogP contribution in [0.2, 0.25) is 5.02 Å². The minimum atomic E-state index is 0.0624. The van der Waals surface area contributed by atoms with Crippen molar-refractivity contribution in [2.45, 2.75) is 19.0 Å². The Balaban J connectivity index is 1.92. The van der Waals surface area contributed by atoms with E-state index >= 15 is 0 Å². The fourth-order valence-electron chi connectivity index (χ4n) is 2.37. The molecule has 2 aliphatic rings. The fourth-order valence-corrected chi connectivity index (χ4v) is 2.70. The molecule has 5 heteroatoms.